The smallest absolute Gasteiger partial charge is 0.0720 e. The van der Waals surface area contributed by atoms with Crippen molar-refractivity contribution in [1.82, 2.24) is 0 Å². The molecule has 1 nitrogen and oxygen atoms in total. The second kappa shape index (κ2) is 16.5. The van der Waals surface area contributed by atoms with Crippen LogP contribution in [0.5, 0.6) is 0 Å². The second-order valence-electron chi connectivity index (χ2n) is 18.3. The van der Waals surface area contributed by atoms with Crippen LogP contribution in [0, 0.1) is 0 Å². The van der Waals surface area contributed by atoms with Gasteiger partial charge in [-0.05, 0) is 131 Å². The van der Waals surface area contributed by atoms with Gasteiger partial charge in [0.2, 0.25) is 0 Å². The van der Waals surface area contributed by atoms with Crippen LogP contribution in [0.3, 0.4) is 0 Å². The molecule has 11 aromatic carbocycles. The van der Waals surface area contributed by atoms with E-state index in [1.807, 2.05) is 0 Å². The second-order valence-corrected chi connectivity index (χ2v) is 18.3. The van der Waals surface area contributed by atoms with E-state index in [2.05, 4.69) is 290 Å². The van der Waals surface area contributed by atoms with Gasteiger partial charge in [0.05, 0.1) is 10.8 Å². The number of hydrogen-bond acceptors (Lipinski definition) is 1. The summed E-state index contributed by atoms with van der Waals surface area (Å²) in [5, 5.41) is 0. The van der Waals surface area contributed by atoms with Gasteiger partial charge in [-0.3, -0.25) is 0 Å². The summed E-state index contributed by atoms with van der Waals surface area (Å²) in [4.78, 5) is 2.46. The van der Waals surface area contributed by atoms with Gasteiger partial charge in [0, 0.05) is 17.1 Å². The van der Waals surface area contributed by atoms with E-state index in [-0.39, 0.29) is 0 Å². The first-order valence-corrected chi connectivity index (χ1v) is 24.0. The van der Waals surface area contributed by atoms with Crippen molar-refractivity contribution < 1.29 is 0 Å². The summed E-state index contributed by atoms with van der Waals surface area (Å²) < 4.78 is 0. The number of anilines is 3. The molecule has 0 fully saturated rings. The minimum absolute atomic E-state index is 0.554. The molecule has 0 unspecified atom stereocenters. The molecule has 0 saturated heterocycles. The molecule has 1 heteroatoms. The maximum atomic E-state index is 2.47. The SMILES string of the molecule is c1ccc(-c2ccc(N(c3cc(-c4ccccc4)cc(-c4ccccc4)c3)c3ccc4c(c3)-c3ccccc3C43c4ccccc4C(c4ccccc4)(c4ccccc4)c4ccccc43)cc2)cc1. The lowest BCUT2D eigenvalue weighted by Gasteiger charge is -2.50. The highest BCUT2D eigenvalue weighted by Gasteiger charge is 2.56. The van der Waals surface area contributed by atoms with E-state index in [4.69, 9.17) is 0 Å². The molecule has 1 spiro atoms. The number of nitrogens with zero attached hydrogens (tertiary/aromatic N) is 1. The van der Waals surface area contributed by atoms with Crippen LogP contribution < -0.4 is 4.90 Å². The lowest BCUT2D eigenvalue weighted by Crippen LogP contribution is -2.44. The Morgan fingerprint density at radius 2 is 0.565 bits per heavy atom. The Labute approximate surface area is 404 Å². The molecule has 11 aromatic rings. The van der Waals surface area contributed by atoms with Gasteiger partial charge in [-0.15, -0.1) is 0 Å². The molecule has 0 radical (unpaired) electrons. The molecule has 0 aliphatic heterocycles. The lowest BCUT2D eigenvalue weighted by atomic mass is 9.51. The third-order valence-corrected chi connectivity index (χ3v) is 14.8. The van der Waals surface area contributed by atoms with E-state index in [1.165, 1.54) is 89.0 Å². The quantitative estimate of drug-likeness (QED) is 0.147. The van der Waals surface area contributed by atoms with Crippen LogP contribution in [0.4, 0.5) is 17.1 Å². The molecule has 2 aliphatic carbocycles. The summed E-state index contributed by atoms with van der Waals surface area (Å²) in [5.41, 5.74) is 22.1. The minimum atomic E-state index is -0.583. The number of fused-ring (bicyclic) bond motifs is 9. The molecule has 0 atom stereocenters. The normalized spacial score (nSPS) is 13.4. The van der Waals surface area contributed by atoms with Gasteiger partial charge in [-0.1, -0.05) is 243 Å². The molecule has 13 rings (SSSR count). The number of benzene rings is 11. The van der Waals surface area contributed by atoms with E-state index in [9.17, 15) is 0 Å². The Morgan fingerprint density at radius 3 is 1.06 bits per heavy atom. The van der Waals surface area contributed by atoms with E-state index >= 15 is 0 Å². The van der Waals surface area contributed by atoms with E-state index in [0.717, 1.165) is 17.1 Å². The number of hydrogen-bond donors (Lipinski definition) is 0. The molecule has 69 heavy (non-hydrogen) atoms. The Bertz CT molecular complexity index is 3490. The number of rotatable bonds is 8. The Balaban J connectivity index is 1.07. The molecular weight excluding hydrogens is 831 g/mol. The van der Waals surface area contributed by atoms with Gasteiger partial charge in [0.25, 0.3) is 0 Å². The average molecular weight is 878 g/mol. The molecule has 0 aromatic heterocycles. The third-order valence-electron chi connectivity index (χ3n) is 14.8. The first kappa shape index (κ1) is 40.5. The zero-order valence-electron chi connectivity index (χ0n) is 38.1. The lowest BCUT2D eigenvalue weighted by molar-refractivity contribution is 0.623. The van der Waals surface area contributed by atoms with Gasteiger partial charge in [-0.25, -0.2) is 0 Å². The summed E-state index contributed by atoms with van der Waals surface area (Å²) >= 11 is 0. The summed E-state index contributed by atoms with van der Waals surface area (Å²) in [6.07, 6.45) is 0. The molecule has 2 aliphatic rings. The van der Waals surface area contributed by atoms with Crippen molar-refractivity contribution in [3.05, 3.63) is 330 Å². The van der Waals surface area contributed by atoms with Gasteiger partial charge >= 0.3 is 0 Å². The van der Waals surface area contributed by atoms with E-state index in [1.54, 1.807) is 0 Å². The molecule has 0 saturated carbocycles. The monoisotopic (exact) mass is 877 g/mol. The molecule has 324 valence electrons. The van der Waals surface area contributed by atoms with Crippen molar-refractivity contribution in [3.8, 4) is 44.5 Å². The van der Waals surface area contributed by atoms with Crippen molar-refractivity contribution in [2.45, 2.75) is 10.8 Å². The molecule has 0 heterocycles. The Hall–Kier alpha value is -8.78. The van der Waals surface area contributed by atoms with Crippen molar-refractivity contribution in [2.75, 3.05) is 4.90 Å². The van der Waals surface area contributed by atoms with E-state index in [0.29, 0.717) is 0 Å². The van der Waals surface area contributed by atoms with Crippen LogP contribution >= 0.6 is 0 Å². The summed E-state index contributed by atoms with van der Waals surface area (Å²) in [7, 11) is 0. The molecular formula is C68H47N. The fourth-order valence-corrected chi connectivity index (χ4v) is 11.9. The molecule has 0 bridgehead atoms. The zero-order chi connectivity index (χ0) is 45.8. The summed E-state index contributed by atoms with van der Waals surface area (Å²) in [6, 6.07) is 106. The van der Waals surface area contributed by atoms with Crippen LogP contribution in [0.15, 0.2) is 285 Å². The highest BCUT2D eigenvalue weighted by atomic mass is 15.1. The highest BCUT2D eigenvalue weighted by molar-refractivity contribution is 5.93. The van der Waals surface area contributed by atoms with Crippen LogP contribution in [0.1, 0.15) is 44.5 Å². The maximum absolute atomic E-state index is 2.47. The van der Waals surface area contributed by atoms with Crippen molar-refractivity contribution in [1.29, 1.82) is 0 Å². The molecule has 0 N–H and O–H groups in total. The third kappa shape index (κ3) is 6.32. The van der Waals surface area contributed by atoms with Crippen LogP contribution in [0.2, 0.25) is 0 Å². The van der Waals surface area contributed by atoms with Crippen LogP contribution in [-0.4, -0.2) is 0 Å². The topological polar surface area (TPSA) is 3.24 Å². The van der Waals surface area contributed by atoms with E-state index < -0.39 is 10.8 Å². The Morgan fingerprint density at radius 1 is 0.203 bits per heavy atom. The summed E-state index contributed by atoms with van der Waals surface area (Å²) in [6.45, 7) is 0. The maximum Gasteiger partial charge on any atom is 0.0720 e. The predicted molar refractivity (Wildman–Crippen MR) is 287 cm³/mol. The summed E-state index contributed by atoms with van der Waals surface area (Å²) in [5.74, 6) is 0. The standard InChI is InChI=1S/C68H47N/c1-6-22-48(23-7-1)51-38-40-56(41-39-51)69(58-45-52(49-24-8-2-9-25-49)44-53(46-58)50-26-10-3-11-27-50)57-42-43-62-60(47-57)59-32-16-17-33-61(59)68(62)65-36-20-18-34-63(65)67(54-28-12-4-13-29-54,55-30-14-5-15-31-55)64-35-19-21-37-66(64)68/h1-47H. The first-order valence-electron chi connectivity index (χ1n) is 24.0. The fraction of sp³-hybridized carbons (Fsp3) is 0.0294. The van der Waals surface area contributed by atoms with Gasteiger partial charge in [0.15, 0.2) is 0 Å². The van der Waals surface area contributed by atoms with Crippen molar-refractivity contribution in [3.63, 3.8) is 0 Å². The largest absolute Gasteiger partial charge is 0.310 e. The predicted octanol–water partition coefficient (Wildman–Crippen LogP) is 17.2. The fourth-order valence-electron chi connectivity index (χ4n) is 11.9. The van der Waals surface area contributed by atoms with Crippen LogP contribution in [0.25, 0.3) is 44.5 Å². The van der Waals surface area contributed by atoms with Crippen molar-refractivity contribution in [2.24, 2.45) is 0 Å². The van der Waals surface area contributed by atoms with Gasteiger partial charge in [0.1, 0.15) is 0 Å². The van der Waals surface area contributed by atoms with Crippen molar-refractivity contribution >= 4 is 17.1 Å². The molecule has 0 amide bonds. The van der Waals surface area contributed by atoms with Gasteiger partial charge < -0.3 is 4.90 Å². The minimum Gasteiger partial charge on any atom is -0.310 e. The average Bonchev–Trinajstić information content (AvgIpc) is 3.73. The van der Waals surface area contributed by atoms with Crippen LogP contribution in [-0.2, 0) is 10.8 Å². The Kier molecular flexibility index (Phi) is 9.70. The van der Waals surface area contributed by atoms with Gasteiger partial charge in [-0.2, -0.15) is 0 Å². The zero-order valence-corrected chi connectivity index (χ0v) is 38.1. The highest BCUT2D eigenvalue weighted by Crippen LogP contribution is 2.65. The first-order chi connectivity index (χ1) is 34.2.